The van der Waals surface area contributed by atoms with Crippen molar-refractivity contribution in [1.82, 2.24) is 5.32 Å². The molecule has 0 aliphatic rings. The number of rotatable bonds is 55. The fourth-order valence-corrected chi connectivity index (χ4v) is 9.35. The first-order valence-electron chi connectivity index (χ1n) is 29.8. The van der Waals surface area contributed by atoms with E-state index in [4.69, 9.17) is 0 Å². The highest BCUT2D eigenvalue weighted by molar-refractivity contribution is 5.76. The molecular weight excluding hydrogens is 811 g/mol. The number of allylic oxidation sites excluding steroid dienone is 5. The van der Waals surface area contributed by atoms with Crippen molar-refractivity contribution in [2.24, 2.45) is 0 Å². The molecule has 0 fully saturated rings. The summed E-state index contributed by atoms with van der Waals surface area (Å²) in [4.78, 5) is 12.5. The van der Waals surface area contributed by atoms with Crippen LogP contribution < -0.4 is 5.32 Å². The Balaban J connectivity index is 3.50. The average Bonchev–Trinajstić information content (AvgIpc) is 3.31. The van der Waals surface area contributed by atoms with Gasteiger partial charge in [-0.2, -0.15) is 0 Å². The van der Waals surface area contributed by atoms with Gasteiger partial charge in [0.2, 0.25) is 5.91 Å². The highest BCUT2D eigenvalue weighted by atomic mass is 16.3. The third-order valence-corrected chi connectivity index (χ3v) is 13.9. The van der Waals surface area contributed by atoms with Crippen molar-refractivity contribution in [2.75, 3.05) is 6.61 Å². The van der Waals surface area contributed by atoms with Gasteiger partial charge >= 0.3 is 0 Å². The van der Waals surface area contributed by atoms with E-state index in [0.717, 1.165) is 32.1 Å². The van der Waals surface area contributed by atoms with Crippen LogP contribution >= 0.6 is 0 Å². The molecule has 5 nitrogen and oxygen atoms in total. The van der Waals surface area contributed by atoms with E-state index in [1.54, 1.807) is 6.08 Å². The van der Waals surface area contributed by atoms with E-state index in [1.165, 1.54) is 263 Å². The van der Waals surface area contributed by atoms with Crippen LogP contribution in [0.5, 0.6) is 0 Å². The Morgan fingerprint density at radius 3 is 0.970 bits per heavy atom. The molecule has 0 rings (SSSR count). The van der Waals surface area contributed by atoms with Crippen molar-refractivity contribution < 1.29 is 20.1 Å². The largest absolute Gasteiger partial charge is 0.394 e. The zero-order valence-corrected chi connectivity index (χ0v) is 44.6. The predicted molar refractivity (Wildman–Crippen MR) is 291 cm³/mol. The van der Waals surface area contributed by atoms with Crippen molar-refractivity contribution >= 4 is 5.91 Å². The second-order valence-electron chi connectivity index (χ2n) is 20.6. The second-order valence-corrected chi connectivity index (χ2v) is 20.6. The maximum atomic E-state index is 12.5. The van der Waals surface area contributed by atoms with Crippen LogP contribution in [-0.4, -0.2) is 46.1 Å². The summed E-state index contributed by atoms with van der Waals surface area (Å²) in [6.07, 6.45) is 73.6. The minimum Gasteiger partial charge on any atom is -0.394 e. The van der Waals surface area contributed by atoms with E-state index in [1.807, 2.05) is 6.08 Å². The Morgan fingerprint density at radius 1 is 0.379 bits per heavy atom. The number of hydrogen-bond donors (Lipinski definition) is 4. The van der Waals surface area contributed by atoms with Gasteiger partial charge in [0.1, 0.15) is 0 Å². The molecule has 0 aromatic heterocycles. The molecule has 0 heterocycles. The molecule has 0 aliphatic carbocycles. The Labute approximate surface area is 413 Å². The summed E-state index contributed by atoms with van der Waals surface area (Å²) in [5.41, 5.74) is 0. The lowest BCUT2D eigenvalue weighted by molar-refractivity contribution is -0.124. The summed E-state index contributed by atoms with van der Waals surface area (Å²) in [6.45, 7) is 4.23. The van der Waals surface area contributed by atoms with E-state index >= 15 is 0 Å². The fourth-order valence-electron chi connectivity index (χ4n) is 9.35. The number of aliphatic hydroxyl groups excluding tert-OH is 3. The highest BCUT2D eigenvalue weighted by Gasteiger charge is 2.20. The van der Waals surface area contributed by atoms with Crippen LogP contribution in [0, 0.1) is 0 Å². The number of amides is 1. The maximum absolute atomic E-state index is 12.5. The molecule has 0 saturated heterocycles. The Morgan fingerprint density at radius 2 is 0.652 bits per heavy atom. The smallest absolute Gasteiger partial charge is 0.222 e. The summed E-state index contributed by atoms with van der Waals surface area (Å²) in [5, 5.41) is 33.4. The summed E-state index contributed by atoms with van der Waals surface area (Å²) in [5.74, 6) is -0.321. The average molecular weight is 929 g/mol. The molecule has 3 atom stereocenters. The molecule has 0 bridgehead atoms. The lowest BCUT2D eigenvalue weighted by Crippen LogP contribution is -2.45. The Bertz CT molecular complexity index is 1020. The minimum atomic E-state index is -0.951. The van der Waals surface area contributed by atoms with Crippen molar-refractivity contribution in [3.05, 3.63) is 36.5 Å². The van der Waals surface area contributed by atoms with E-state index in [0.29, 0.717) is 6.42 Å². The molecule has 0 aliphatic heterocycles. The van der Waals surface area contributed by atoms with Gasteiger partial charge in [-0.05, 0) is 57.8 Å². The molecule has 1 amide bonds. The molecule has 390 valence electrons. The second kappa shape index (κ2) is 56.2. The monoisotopic (exact) mass is 928 g/mol. The molecule has 0 saturated carbocycles. The third-order valence-electron chi connectivity index (χ3n) is 13.9. The Hall–Kier alpha value is -1.43. The lowest BCUT2D eigenvalue weighted by atomic mass is 10.0. The molecule has 0 aromatic rings. The number of unbranched alkanes of at least 4 members (excludes halogenated alkanes) is 42. The van der Waals surface area contributed by atoms with Crippen LogP contribution in [-0.2, 0) is 4.79 Å². The molecule has 0 spiro atoms. The predicted octanol–water partition coefficient (Wildman–Crippen LogP) is 18.6. The molecule has 5 heteroatoms. The van der Waals surface area contributed by atoms with Gasteiger partial charge in [-0.15, -0.1) is 0 Å². The third kappa shape index (κ3) is 52.0. The first kappa shape index (κ1) is 64.6. The molecule has 0 aromatic carbocycles. The van der Waals surface area contributed by atoms with Crippen LogP contribution in [0.4, 0.5) is 0 Å². The van der Waals surface area contributed by atoms with Crippen LogP contribution in [0.25, 0.3) is 0 Å². The highest BCUT2D eigenvalue weighted by Crippen LogP contribution is 2.17. The SMILES string of the molecule is CCCCCCCCCCCC/C=C/CC/C=C/C(O)C(CO)NC(=O)CC(O)CCCCCCCCCCCCCCCCC/C=C\CCCCCCCCCCCCCCCCCC. The van der Waals surface area contributed by atoms with Gasteiger partial charge in [0.25, 0.3) is 0 Å². The number of carbonyl (C=O) groups excluding carboxylic acids is 1. The number of carbonyl (C=O) groups is 1. The number of aliphatic hydroxyl groups is 3. The molecule has 3 unspecified atom stereocenters. The molecule has 66 heavy (non-hydrogen) atoms. The minimum absolute atomic E-state index is 0.00798. The summed E-state index contributed by atoms with van der Waals surface area (Å²) < 4.78 is 0. The van der Waals surface area contributed by atoms with Gasteiger partial charge in [0.05, 0.1) is 31.3 Å². The van der Waals surface area contributed by atoms with Crippen molar-refractivity contribution in [3.8, 4) is 0 Å². The van der Waals surface area contributed by atoms with Gasteiger partial charge in [-0.1, -0.05) is 294 Å². The van der Waals surface area contributed by atoms with Crippen LogP contribution in [0.2, 0.25) is 0 Å². The zero-order chi connectivity index (χ0) is 47.9. The van der Waals surface area contributed by atoms with Gasteiger partial charge in [-0.25, -0.2) is 0 Å². The van der Waals surface area contributed by atoms with Gasteiger partial charge < -0.3 is 20.6 Å². The lowest BCUT2D eigenvalue weighted by Gasteiger charge is -2.21. The maximum Gasteiger partial charge on any atom is 0.222 e. The topological polar surface area (TPSA) is 89.8 Å². The quantitative estimate of drug-likeness (QED) is 0.0361. The van der Waals surface area contributed by atoms with Gasteiger partial charge in [0.15, 0.2) is 0 Å². The summed E-state index contributed by atoms with van der Waals surface area (Å²) in [6, 6.07) is -0.760. The Kier molecular flexibility index (Phi) is 54.9. The van der Waals surface area contributed by atoms with Crippen LogP contribution in [0.1, 0.15) is 322 Å². The van der Waals surface area contributed by atoms with Crippen LogP contribution in [0.15, 0.2) is 36.5 Å². The van der Waals surface area contributed by atoms with Gasteiger partial charge in [-0.3, -0.25) is 4.79 Å². The summed E-state index contributed by atoms with van der Waals surface area (Å²) >= 11 is 0. The number of hydrogen-bond acceptors (Lipinski definition) is 4. The fraction of sp³-hybridized carbons (Fsp3) is 0.885. The van der Waals surface area contributed by atoms with Crippen LogP contribution in [0.3, 0.4) is 0 Å². The van der Waals surface area contributed by atoms with E-state index in [9.17, 15) is 20.1 Å². The summed E-state index contributed by atoms with van der Waals surface area (Å²) in [7, 11) is 0. The van der Waals surface area contributed by atoms with Crippen molar-refractivity contribution in [3.63, 3.8) is 0 Å². The van der Waals surface area contributed by atoms with E-state index in [2.05, 4.69) is 43.5 Å². The van der Waals surface area contributed by atoms with E-state index < -0.39 is 18.2 Å². The van der Waals surface area contributed by atoms with Gasteiger partial charge in [0, 0.05) is 0 Å². The van der Waals surface area contributed by atoms with E-state index in [-0.39, 0.29) is 18.9 Å². The van der Waals surface area contributed by atoms with Crippen molar-refractivity contribution in [2.45, 2.75) is 340 Å². The first-order chi connectivity index (χ1) is 32.5. The molecule has 0 radical (unpaired) electrons. The number of nitrogens with one attached hydrogen (secondary N) is 1. The standard InChI is InChI=1S/C61H117NO4/c1-3-5-7-9-11-13-15-17-19-21-22-23-24-25-26-27-28-29-30-31-32-33-34-35-36-37-38-39-40-42-44-46-48-50-52-54-58(64)56-61(66)62-59(57-63)60(65)55-53-51-49-47-45-43-41-20-18-16-14-12-10-8-6-4-2/h29-30,45,47,53,55,58-60,63-65H,3-28,31-44,46,48-52,54,56-57H2,1-2H3,(H,62,66)/b30-29-,47-45+,55-53+. The van der Waals surface area contributed by atoms with Crippen molar-refractivity contribution in [1.29, 1.82) is 0 Å². The normalized spacial score (nSPS) is 13.5. The first-order valence-corrected chi connectivity index (χ1v) is 29.8. The molecule has 4 N–H and O–H groups in total. The molecular formula is C61H117NO4. The zero-order valence-electron chi connectivity index (χ0n) is 44.6.